The number of hydrogen-bond acceptors (Lipinski definition) is 2. The maximum absolute atomic E-state index is 5.97. The summed E-state index contributed by atoms with van der Waals surface area (Å²) >= 11 is 3.68. The van der Waals surface area contributed by atoms with Crippen LogP contribution in [0.1, 0.15) is 44.6 Å². The zero-order valence-corrected chi connectivity index (χ0v) is 13.0. The average molecular weight is 311 g/mol. The van der Waals surface area contributed by atoms with Gasteiger partial charge in [0.25, 0.3) is 0 Å². The first-order valence-electron chi connectivity index (χ1n) is 6.95. The number of rotatable bonds is 2. The molecule has 0 spiro atoms. The number of nitrogens with two attached hydrogens (primary N) is 1. The van der Waals surface area contributed by atoms with Crippen LogP contribution in [0.15, 0.2) is 16.6 Å². The third kappa shape index (κ3) is 2.82. The fourth-order valence-electron chi connectivity index (χ4n) is 2.82. The second kappa shape index (κ2) is 5.96. The molecule has 1 fully saturated rings. The van der Waals surface area contributed by atoms with Gasteiger partial charge in [-0.15, -0.1) is 0 Å². The number of halogens is 1. The molecule has 0 bridgehead atoms. The van der Waals surface area contributed by atoms with Crippen LogP contribution in [-0.2, 0) is 0 Å². The van der Waals surface area contributed by atoms with Crippen molar-refractivity contribution in [2.24, 2.45) is 0 Å². The summed E-state index contributed by atoms with van der Waals surface area (Å²) in [6.07, 6.45) is 6.55. The number of anilines is 2. The second-order valence-corrected chi connectivity index (χ2v) is 6.12. The molecule has 1 aromatic rings. The van der Waals surface area contributed by atoms with Gasteiger partial charge in [-0.3, -0.25) is 0 Å². The molecule has 18 heavy (non-hydrogen) atoms. The molecule has 1 aromatic carbocycles. The SMILES string of the molecule is CCC1CCCCCN1c1cc(C)c(N)cc1Br. The van der Waals surface area contributed by atoms with Crippen molar-refractivity contribution in [1.82, 2.24) is 0 Å². The number of nitrogen functional groups attached to an aromatic ring is 1. The van der Waals surface area contributed by atoms with Crippen molar-refractivity contribution in [3.8, 4) is 0 Å². The summed E-state index contributed by atoms with van der Waals surface area (Å²) in [5.41, 5.74) is 9.33. The van der Waals surface area contributed by atoms with E-state index in [9.17, 15) is 0 Å². The van der Waals surface area contributed by atoms with Gasteiger partial charge in [0.1, 0.15) is 0 Å². The Bertz CT molecular complexity index is 417. The van der Waals surface area contributed by atoms with E-state index in [1.165, 1.54) is 49.9 Å². The number of nitrogens with zero attached hydrogens (tertiary/aromatic N) is 1. The highest BCUT2D eigenvalue weighted by molar-refractivity contribution is 9.10. The highest BCUT2D eigenvalue weighted by atomic mass is 79.9. The molecule has 0 aliphatic carbocycles. The van der Waals surface area contributed by atoms with Crippen molar-refractivity contribution >= 4 is 27.3 Å². The van der Waals surface area contributed by atoms with Crippen molar-refractivity contribution in [3.63, 3.8) is 0 Å². The molecule has 2 rings (SSSR count). The van der Waals surface area contributed by atoms with E-state index in [4.69, 9.17) is 5.73 Å². The van der Waals surface area contributed by atoms with Crippen LogP contribution in [0.5, 0.6) is 0 Å². The molecule has 2 nitrogen and oxygen atoms in total. The minimum atomic E-state index is 0.673. The highest BCUT2D eigenvalue weighted by Gasteiger charge is 2.21. The Balaban J connectivity index is 2.35. The van der Waals surface area contributed by atoms with Crippen LogP contribution < -0.4 is 10.6 Å². The Labute approximate surface area is 119 Å². The fourth-order valence-corrected chi connectivity index (χ4v) is 3.41. The topological polar surface area (TPSA) is 29.3 Å². The van der Waals surface area contributed by atoms with Crippen LogP contribution in [0.2, 0.25) is 0 Å². The number of aryl methyl sites for hydroxylation is 1. The lowest BCUT2D eigenvalue weighted by molar-refractivity contribution is 0.555. The van der Waals surface area contributed by atoms with E-state index in [1.807, 2.05) is 6.07 Å². The van der Waals surface area contributed by atoms with Crippen molar-refractivity contribution in [1.29, 1.82) is 0 Å². The van der Waals surface area contributed by atoms with Gasteiger partial charge >= 0.3 is 0 Å². The van der Waals surface area contributed by atoms with Crippen molar-refractivity contribution in [2.45, 2.75) is 52.0 Å². The van der Waals surface area contributed by atoms with Crippen LogP contribution in [0.4, 0.5) is 11.4 Å². The Hall–Kier alpha value is -0.700. The zero-order valence-electron chi connectivity index (χ0n) is 11.4. The molecule has 0 radical (unpaired) electrons. The molecular formula is C15H23BrN2. The van der Waals surface area contributed by atoms with Gasteiger partial charge in [-0.05, 0) is 59.8 Å². The van der Waals surface area contributed by atoms with Gasteiger partial charge in [0.2, 0.25) is 0 Å². The van der Waals surface area contributed by atoms with Crippen LogP contribution >= 0.6 is 15.9 Å². The van der Waals surface area contributed by atoms with Gasteiger partial charge in [0, 0.05) is 22.7 Å². The van der Waals surface area contributed by atoms with E-state index in [-0.39, 0.29) is 0 Å². The van der Waals surface area contributed by atoms with E-state index in [1.54, 1.807) is 0 Å². The molecule has 3 heteroatoms. The van der Waals surface area contributed by atoms with E-state index >= 15 is 0 Å². The molecule has 100 valence electrons. The molecule has 1 saturated heterocycles. The summed E-state index contributed by atoms with van der Waals surface area (Å²) < 4.78 is 1.13. The first kappa shape index (κ1) is 13.7. The van der Waals surface area contributed by atoms with E-state index in [0.29, 0.717) is 6.04 Å². The van der Waals surface area contributed by atoms with Crippen LogP contribution in [0.25, 0.3) is 0 Å². The maximum atomic E-state index is 5.97. The smallest absolute Gasteiger partial charge is 0.0517 e. The van der Waals surface area contributed by atoms with Crippen LogP contribution in [-0.4, -0.2) is 12.6 Å². The zero-order chi connectivity index (χ0) is 13.1. The first-order chi connectivity index (χ1) is 8.63. The summed E-state index contributed by atoms with van der Waals surface area (Å²) in [6, 6.07) is 4.95. The molecular weight excluding hydrogens is 288 g/mol. The predicted molar refractivity (Wildman–Crippen MR) is 83.2 cm³/mol. The average Bonchev–Trinajstić information content (AvgIpc) is 2.58. The summed E-state index contributed by atoms with van der Waals surface area (Å²) in [5, 5.41) is 0. The lowest BCUT2D eigenvalue weighted by Gasteiger charge is -2.32. The molecule has 1 aliphatic heterocycles. The van der Waals surface area contributed by atoms with Gasteiger partial charge in [0.15, 0.2) is 0 Å². The highest BCUT2D eigenvalue weighted by Crippen LogP contribution is 2.34. The van der Waals surface area contributed by atoms with Crippen molar-refractivity contribution < 1.29 is 0 Å². The van der Waals surface area contributed by atoms with Crippen LogP contribution in [0.3, 0.4) is 0 Å². The molecule has 0 aromatic heterocycles. The lowest BCUT2D eigenvalue weighted by atomic mass is 10.1. The molecule has 1 aliphatic rings. The Morgan fingerprint density at radius 1 is 1.33 bits per heavy atom. The fraction of sp³-hybridized carbons (Fsp3) is 0.600. The monoisotopic (exact) mass is 310 g/mol. The van der Waals surface area contributed by atoms with E-state index < -0.39 is 0 Å². The normalized spacial score (nSPS) is 20.8. The van der Waals surface area contributed by atoms with Gasteiger partial charge < -0.3 is 10.6 Å². The molecule has 0 saturated carbocycles. The van der Waals surface area contributed by atoms with Crippen LogP contribution in [0, 0.1) is 6.92 Å². The molecule has 1 heterocycles. The summed E-state index contributed by atoms with van der Waals surface area (Å²) in [7, 11) is 0. The molecule has 1 atom stereocenters. The molecule has 2 N–H and O–H groups in total. The molecule has 1 unspecified atom stereocenters. The minimum absolute atomic E-state index is 0.673. The Morgan fingerprint density at radius 3 is 2.83 bits per heavy atom. The quantitative estimate of drug-likeness (QED) is 0.815. The minimum Gasteiger partial charge on any atom is -0.398 e. The Morgan fingerprint density at radius 2 is 2.11 bits per heavy atom. The first-order valence-corrected chi connectivity index (χ1v) is 7.75. The van der Waals surface area contributed by atoms with Crippen molar-refractivity contribution in [2.75, 3.05) is 17.2 Å². The standard InChI is InChI=1S/C15H23BrN2/c1-3-12-7-5-4-6-8-18(12)15-9-11(2)14(17)10-13(15)16/h9-10,12H,3-8,17H2,1-2H3. The second-order valence-electron chi connectivity index (χ2n) is 5.27. The van der Waals surface area contributed by atoms with E-state index in [0.717, 1.165) is 10.2 Å². The molecule has 0 amide bonds. The third-order valence-corrected chi connectivity index (χ3v) is 4.63. The number of benzene rings is 1. The number of hydrogen-bond donors (Lipinski definition) is 1. The summed E-state index contributed by atoms with van der Waals surface area (Å²) in [6.45, 7) is 5.55. The maximum Gasteiger partial charge on any atom is 0.0517 e. The summed E-state index contributed by atoms with van der Waals surface area (Å²) in [5.74, 6) is 0. The van der Waals surface area contributed by atoms with Gasteiger partial charge in [-0.25, -0.2) is 0 Å². The Kier molecular flexibility index (Phi) is 4.55. The summed E-state index contributed by atoms with van der Waals surface area (Å²) in [4.78, 5) is 2.57. The van der Waals surface area contributed by atoms with Gasteiger partial charge in [-0.1, -0.05) is 19.8 Å². The van der Waals surface area contributed by atoms with Gasteiger partial charge in [0.05, 0.1) is 5.69 Å². The third-order valence-electron chi connectivity index (χ3n) is 3.99. The van der Waals surface area contributed by atoms with E-state index in [2.05, 4.69) is 40.7 Å². The van der Waals surface area contributed by atoms with Gasteiger partial charge in [-0.2, -0.15) is 0 Å². The predicted octanol–water partition coefficient (Wildman–Crippen LogP) is 4.50. The van der Waals surface area contributed by atoms with Crippen molar-refractivity contribution in [3.05, 3.63) is 22.2 Å². The largest absolute Gasteiger partial charge is 0.398 e. The lowest BCUT2D eigenvalue weighted by Crippen LogP contribution is -2.34.